The van der Waals surface area contributed by atoms with E-state index in [4.69, 9.17) is 0 Å². The number of anilines is 1. The molecule has 1 aliphatic heterocycles. The van der Waals surface area contributed by atoms with E-state index in [9.17, 15) is 4.79 Å². The van der Waals surface area contributed by atoms with Gasteiger partial charge in [-0.05, 0) is 36.2 Å². The molecule has 0 aliphatic carbocycles. The Balaban J connectivity index is 1.97. The van der Waals surface area contributed by atoms with Gasteiger partial charge in [0.1, 0.15) is 5.82 Å². The molecule has 1 fully saturated rings. The van der Waals surface area contributed by atoms with Gasteiger partial charge in [-0.3, -0.25) is 9.69 Å². The first kappa shape index (κ1) is 13.1. The number of fused-ring (bicyclic) bond motifs is 1. The number of hydrogen-bond donors (Lipinski definition) is 0. The lowest BCUT2D eigenvalue weighted by Crippen LogP contribution is -2.25. The van der Waals surface area contributed by atoms with Gasteiger partial charge in [0, 0.05) is 28.2 Å². The number of halogens is 2. The quantitative estimate of drug-likeness (QED) is 0.740. The Kier molecular flexibility index (Phi) is 3.58. The first-order valence-corrected chi connectivity index (χ1v) is 8.01. The van der Waals surface area contributed by atoms with E-state index < -0.39 is 0 Å². The van der Waals surface area contributed by atoms with Crippen molar-refractivity contribution in [2.75, 3.05) is 16.8 Å². The summed E-state index contributed by atoms with van der Waals surface area (Å²) in [6, 6.07) is 9.89. The largest absolute Gasteiger partial charge is 0.296 e. The van der Waals surface area contributed by atoms with Crippen molar-refractivity contribution in [2.45, 2.75) is 6.42 Å². The molecule has 1 aliphatic rings. The van der Waals surface area contributed by atoms with E-state index in [1.54, 1.807) is 4.90 Å². The van der Waals surface area contributed by atoms with Gasteiger partial charge in [0.05, 0.1) is 5.52 Å². The minimum Gasteiger partial charge on any atom is -0.296 e. The summed E-state index contributed by atoms with van der Waals surface area (Å²) in [5, 5.41) is 1.93. The number of pyridine rings is 1. The summed E-state index contributed by atoms with van der Waals surface area (Å²) in [6.45, 7) is 0.749. The zero-order valence-corrected chi connectivity index (χ0v) is 13.3. The molecule has 19 heavy (non-hydrogen) atoms. The zero-order valence-electron chi connectivity index (χ0n) is 10.1. The van der Waals surface area contributed by atoms with Crippen molar-refractivity contribution in [2.24, 2.45) is 5.92 Å². The third-order valence-electron chi connectivity index (χ3n) is 3.34. The van der Waals surface area contributed by atoms with Crippen LogP contribution in [0, 0.1) is 5.92 Å². The maximum absolute atomic E-state index is 12.0. The molecule has 0 bridgehead atoms. The van der Waals surface area contributed by atoms with Crippen LogP contribution in [0.15, 0.2) is 34.8 Å². The lowest BCUT2D eigenvalue weighted by Gasteiger charge is -2.15. The number of nitrogens with zero attached hydrogens (tertiary/aromatic N) is 2. The third kappa shape index (κ3) is 2.54. The molecule has 3 nitrogen and oxygen atoms in total. The second kappa shape index (κ2) is 5.21. The molecule has 1 unspecified atom stereocenters. The van der Waals surface area contributed by atoms with Crippen LogP contribution in [-0.4, -0.2) is 22.8 Å². The molecule has 2 aromatic rings. The molecule has 1 amide bonds. The predicted molar refractivity (Wildman–Crippen MR) is 83.7 cm³/mol. The molecule has 2 heterocycles. The van der Waals surface area contributed by atoms with Gasteiger partial charge >= 0.3 is 0 Å². The number of hydrogen-bond acceptors (Lipinski definition) is 2. The molecule has 0 N–H and O–H groups in total. The van der Waals surface area contributed by atoms with Crippen molar-refractivity contribution in [3.05, 3.63) is 34.8 Å². The Morgan fingerprint density at radius 1 is 1.32 bits per heavy atom. The van der Waals surface area contributed by atoms with Crippen LogP contribution in [0.5, 0.6) is 0 Å². The van der Waals surface area contributed by atoms with Crippen LogP contribution >= 0.6 is 31.9 Å². The molecule has 1 aromatic carbocycles. The number of alkyl halides is 1. The van der Waals surface area contributed by atoms with E-state index in [1.807, 2.05) is 30.3 Å². The zero-order chi connectivity index (χ0) is 13.4. The summed E-state index contributed by atoms with van der Waals surface area (Å²) in [5.41, 5.74) is 0.913. The lowest BCUT2D eigenvalue weighted by atomic mass is 10.2. The van der Waals surface area contributed by atoms with Crippen molar-refractivity contribution < 1.29 is 4.79 Å². The van der Waals surface area contributed by atoms with Crippen molar-refractivity contribution in [1.29, 1.82) is 0 Å². The van der Waals surface area contributed by atoms with Gasteiger partial charge < -0.3 is 0 Å². The molecule has 0 saturated carbocycles. The van der Waals surface area contributed by atoms with E-state index in [0.29, 0.717) is 12.3 Å². The number of aromatic nitrogens is 1. The van der Waals surface area contributed by atoms with Gasteiger partial charge in [-0.15, -0.1) is 0 Å². The maximum Gasteiger partial charge on any atom is 0.228 e. The van der Waals surface area contributed by atoms with Crippen LogP contribution in [0.1, 0.15) is 6.42 Å². The van der Waals surface area contributed by atoms with Gasteiger partial charge in [-0.2, -0.15) is 0 Å². The fourth-order valence-electron chi connectivity index (χ4n) is 2.34. The highest BCUT2D eigenvalue weighted by atomic mass is 79.9. The highest BCUT2D eigenvalue weighted by molar-refractivity contribution is 9.10. The number of benzene rings is 1. The van der Waals surface area contributed by atoms with Gasteiger partial charge in [0.15, 0.2) is 0 Å². The molecular formula is C14H12Br2N2O. The summed E-state index contributed by atoms with van der Waals surface area (Å²) >= 11 is 6.89. The Morgan fingerprint density at radius 3 is 2.89 bits per heavy atom. The number of carbonyl (C=O) groups is 1. The molecule has 0 radical (unpaired) electrons. The summed E-state index contributed by atoms with van der Waals surface area (Å²) in [7, 11) is 0. The molecule has 0 spiro atoms. The third-order valence-corrected chi connectivity index (χ3v) is 4.75. The minimum atomic E-state index is 0.161. The average molecular weight is 384 g/mol. The van der Waals surface area contributed by atoms with Crippen LogP contribution in [0.4, 0.5) is 5.82 Å². The highest BCUT2D eigenvalue weighted by Gasteiger charge is 2.30. The molecule has 1 saturated heterocycles. The normalized spacial score (nSPS) is 19.4. The van der Waals surface area contributed by atoms with Crippen molar-refractivity contribution in [3.8, 4) is 0 Å². The van der Waals surface area contributed by atoms with Crippen molar-refractivity contribution in [1.82, 2.24) is 4.98 Å². The van der Waals surface area contributed by atoms with E-state index in [2.05, 4.69) is 36.8 Å². The standard InChI is InChI=1S/C14H12Br2N2O/c15-7-9-5-14(19)18(8-9)13-4-1-10-6-11(16)2-3-12(10)17-13/h1-4,6,9H,5,7-8H2. The second-order valence-corrected chi connectivity index (χ2v) is 6.30. The van der Waals surface area contributed by atoms with E-state index >= 15 is 0 Å². The minimum absolute atomic E-state index is 0.161. The van der Waals surface area contributed by atoms with Gasteiger partial charge in [0.25, 0.3) is 0 Å². The molecule has 1 atom stereocenters. The van der Waals surface area contributed by atoms with Crippen LogP contribution in [0.2, 0.25) is 0 Å². The topological polar surface area (TPSA) is 33.2 Å². The summed E-state index contributed by atoms with van der Waals surface area (Å²) in [5.74, 6) is 1.30. The monoisotopic (exact) mass is 382 g/mol. The second-order valence-electron chi connectivity index (χ2n) is 4.74. The van der Waals surface area contributed by atoms with E-state index in [0.717, 1.165) is 33.1 Å². The average Bonchev–Trinajstić information content (AvgIpc) is 2.79. The van der Waals surface area contributed by atoms with E-state index in [-0.39, 0.29) is 5.91 Å². The first-order valence-electron chi connectivity index (χ1n) is 6.10. The molecule has 1 aromatic heterocycles. The fourth-order valence-corrected chi connectivity index (χ4v) is 3.15. The first-order chi connectivity index (χ1) is 9.17. The van der Waals surface area contributed by atoms with Crippen molar-refractivity contribution in [3.63, 3.8) is 0 Å². The van der Waals surface area contributed by atoms with Crippen molar-refractivity contribution >= 4 is 54.5 Å². The number of amides is 1. The summed E-state index contributed by atoms with van der Waals surface area (Å²) in [4.78, 5) is 18.4. The van der Waals surface area contributed by atoms with Crippen LogP contribution < -0.4 is 4.90 Å². The molecule has 98 valence electrons. The molecule has 3 rings (SSSR count). The van der Waals surface area contributed by atoms with Crippen LogP contribution in [0.25, 0.3) is 10.9 Å². The highest BCUT2D eigenvalue weighted by Crippen LogP contribution is 2.27. The smallest absolute Gasteiger partial charge is 0.228 e. The molecular weight excluding hydrogens is 372 g/mol. The van der Waals surface area contributed by atoms with E-state index in [1.165, 1.54) is 0 Å². The van der Waals surface area contributed by atoms with Gasteiger partial charge in [-0.25, -0.2) is 4.98 Å². The Bertz CT molecular complexity index is 644. The Hall–Kier alpha value is -0.940. The van der Waals surface area contributed by atoms with Crippen LogP contribution in [0.3, 0.4) is 0 Å². The summed E-state index contributed by atoms with van der Waals surface area (Å²) in [6.07, 6.45) is 0.602. The predicted octanol–water partition coefficient (Wildman–Crippen LogP) is 3.75. The number of carbonyl (C=O) groups excluding carboxylic acids is 1. The SMILES string of the molecule is O=C1CC(CBr)CN1c1ccc2cc(Br)ccc2n1. The maximum atomic E-state index is 12.0. The fraction of sp³-hybridized carbons (Fsp3) is 0.286. The van der Waals surface area contributed by atoms with Gasteiger partial charge in [-0.1, -0.05) is 31.9 Å². The lowest BCUT2D eigenvalue weighted by molar-refractivity contribution is -0.117. The Labute approximate surface area is 128 Å². The summed E-state index contributed by atoms with van der Waals surface area (Å²) < 4.78 is 1.03. The van der Waals surface area contributed by atoms with Crippen LogP contribution in [-0.2, 0) is 4.79 Å². The molecule has 5 heteroatoms. The number of rotatable bonds is 2. The Morgan fingerprint density at radius 2 is 2.16 bits per heavy atom. The van der Waals surface area contributed by atoms with Gasteiger partial charge in [0.2, 0.25) is 5.91 Å².